The van der Waals surface area contributed by atoms with Gasteiger partial charge in [-0.05, 0) is 106 Å². The van der Waals surface area contributed by atoms with Gasteiger partial charge < -0.3 is 13.4 Å². The van der Waals surface area contributed by atoms with Crippen molar-refractivity contribution < 1.29 is 8.83 Å². The molecular weight excluding hydrogens is 869 g/mol. The van der Waals surface area contributed by atoms with E-state index in [4.69, 9.17) is 23.8 Å². The number of para-hydroxylation sites is 2. The van der Waals surface area contributed by atoms with Crippen LogP contribution < -0.4 is 0 Å². The fraction of sp³-hybridized carbons (Fsp3) is 0.123. The van der Waals surface area contributed by atoms with Crippen LogP contribution in [0.3, 0.4) is 0 Å². The van der Waals surface area contributed by atoms with Gasteiger partial charge in [0, 0.05) is 60.1 Å². The third-order valence-electron chi connectivity index (χ3n) is 14.2. The molecule has 0 aliphatic rings. The van der Waals surface area contributed by atoms with Crippen LogP contribution in [0, 0.1) is 0 Å². The number of hydrogen-bond donors (Lipinski definition) is 0. The summed E-state index contributed by atoms with van der Waals surface area (Å²) >= 11 is 0. The highest BCUT2D eigenvalue weighted by molar-refractivity contribution is 6.12. The molecule has 6 nitrogen and oxygen atoms in total. The molecule has 9 aromatic carbocycles. The lowest BCUT2D eigenvalue weighted by molar-refractivity contribution is 0.590. The molecule has 0 spiro atoms. The Morgan fingerprint density at radius 3 is 1.15 bits per heavy atom. The molecule has 71 heavy (non-hydrogen) atoms. The average Bonchev–Trinajstić information content (AvgIpc) is 4.07. The summed E-state index contributed by atoms with van der Waals surface area (Å²) in [6.45, 7) is 13.8. The maximum absolute atomic E-state index is 6.42. The van der Waals surface area contributed by atoms with Crippen molar-refractivity contribution >= 4 is 65.7 Å². The van der Waals surface area contributed by atoms with Crippen molar-refractivity contribution in [3.63, 3.8) is 0 Å². The molecule has 4 heterocycles. The first kappa shape index (κ1) is 42.5. The SMILES string of the molecule is CC(C)(C)c1ccc2c(c1)c1cc(C(C)(C)C)ccc1n2-c1c(-c2ccccc2)cc(-c2nc(-c3ccc4c(c3)oc3ccccc34)nc(-c3ccc4c(c3)oc3ccccc34)n2)cc1-c1ccccc1. The van der Waals surface area contributed by atoms with Crippen LogP contribution in [-0.2, 0) is 10.8 Å². The lowest BCUT2D eigenvalue weighted by Crippen LogP contribution is -2.10. The van der Waals surface area contributed by atoms with Crippen LogP contribution in [0.5, 0.6) is 0 Å². The number of furan rings is 2. The first-order valence-corrected chi connectivity index (χ1v) is 24.4. The number of fused-ring (bicyclic) bond motifs is 9. The van der Waals surface area contributed by atoms with Crippen molar-refractivity contribution in [2.75, 3.05) is 0 Å². The predicted octanol–water partition coefficient (Wildman–Crippen LogP) is 17.7. The Morgan fingerprint density at radius 2 is 0.718 bits per heavy atom. The maximum atomic E-state index is 6.42. The first-order chi connectivity index (χ1) is 34.4. The molecule has 0 fully saturated rings. The predicted molar refractivity (Wildman–Crippen MR) is 293 cm³/mol. The summed E-state index contributed by atoms with van der Waals surface area (Å²) < 4.78 is 15.3. The zero-order valence-corrected chi connectivity index (χ0v) is 40.6. The molecule has 0 atom stereocenters. The highest BCUT2D eigenvalue weighted by Gasteiger charge is 2.26. The molecule has 0 saturated carbocycles. The second kappa shape index (κ2) is 16.0. The van der Waals surface area contributed by atoms with Gasteiger partial charge in [-0.15, -0.1) is 0 Å². The first-order valence-electron chi connectivity index (χ1n) is 24.4. The van der Waals surface area contributed by atoms with Gasteiger partial charge in [0.05, 0.1) is 16.7 Å². The van der Waals surface area contributed by atoms with Gasteiger partial charge in [-0.2, -0.15) is 0 Å². The van der Waals surface area contributed by atoms with Crippen molar-refractivity contribution in [2.24, 2.45) is 0 Å². The molecule has 0 amide bonds. The van der Waals surface area contributed by atoms with E-state index >= 15 is 0 Å². The smallest absolute Gasteiger partial charge is 0.164 e. The molecule has 0 aliphatic heterocycles. The Morgan fingerprint density at radius 1 is 0.324 bits per heavy atom. The molecule has 0 aliphatic carbocycles. The number of hydrogen-bond acceptors (Lipinski definition) is 5. The Labute approximate surface area is 411 Å². The van der Waals surface area contributed by atoms with E-state index in [1.807, 2.05) is 48.5 Å². The molecule has 0 N–H and O–H groups in total. The average molecular weight is 919 g/mol. The second-order valence-electron chi connectivity index (χ2n) is 20.9. The summed E-state index contributed by atoms with van der Waals surface area (Å²) in [5.74, 6) is 1.62. The molecule has 6 heteroatoms. The zero-order chi connectivity index (χ0) is 48.2. The topological polar surface area (TPSA) is 69.9 Å². The minimum atomic E-state index is -0.0336. The second-order valence-corrected chi connectivity index (χ2v) is 20.9. The molecule has 0 bridgehead atoms. The third-order valence-corrected chi connectivity index (χ3v) is 14.2. The van der Waals surface area contributed by atoms with Gasteiger partial charge >= 0.3 is 0 Å². The van der Waals surface area contributed by atoms with Crippen LogP contribution in [0.4, 0.5) is 0 Å². The molecule has 13 rings (SSSR count). The van der Waals surface area contributed by atoms with Gasteiger partial charge in [-0.25, -0.2) is 15.0 Å². The van der Waals surface area contributed by atoms with Crippen LogP contribution in [0.2, 0.25) is 0 Å². The normalized spacial score (nSPS) is 12.4. The van der Waals surface area contributed by atoms with E-state index in [0.717, 1.165) is 99.5 Å². The summed E-state index contributed by atoms with van der Waals surface area (Å²) in [7, 11) is 0. The summed E-state index contributed by atoms with van der Waals surface area (Å²) in [5, 5.41) is 6.68. The standard InChI is InChI=1S/C65H50N4O2/c1-64(2,3)44-27-31-54-52(37-44)53-38-45(65(4,5)6)28-32-55(53)69(54)60-50(39-17-9-7-10-18-39)33-43(34-51(60)40-19-11-8-12-20-40)63-67-61(41-25-29-48-46-21-13-15-23-56(46)70-58(48)35-41)66-62(68-63)42-26-30-49-47-22-14-16-24-57(47)71-59(49)36-42/h7-38H,1-6H3. The fourth-order valence-electron chi connectivity index (χ4n) is 10.4. The largest absolute Gasteiger partial charge is 0.456 e. The monoisotopic (exact) mass is 918 g/mol. The van der Waals surface area contributed by atoms with Crippen LogP contribution in [-0.4, -0.2) is 19.5 Å². The number of rotatable bonds is 6. The lowest BCUT2D eigenvalue weighted by Gasteiger charge is -2.22. The van der Waals surface area contributed by atoms with E-state index in [9.17, 15) is 0 Å². The summed E-state index contributed by atoms with van der Waals surface area (Å²) in [5.41, 5.74) is 15.9. The van der Waals surface area contributed by atoms with Crippen molar-refractivity contribution in [1.82, 2.24) is 19.5 Å². The molecule has 4 aromatic heterocycles. The van der Waals surface area contributed by atoms with Crippen molar-refractivity contribution in [3.05, 3.63) is 205 Å². The van der Waals surface area contributed by atoms with Crippen LogP contribution >= 0.6 is 0 Å². The van der Waals surface area contributed by atoms with Crippen LogP contribution in [0.25, 0.3) is 128 Å². The summed E-state index contributed by atoms with van der Waals surface area (Å²) in [4.78, 5) is 16.0. The molecule has 0 radical (unpaired) electrons. The van der Waals surface area contributed by atoms with Gasteiger partial charge in [0.25, 0.3) is 0 Å². The van der Waals surface area contributed by atoms with E-state index in [0.29, 0.717) is 17.5 Å². The van der Waals surface area contributed by atoms with Crippen LogP contribution in [0.15, 0.2) is 203 Å². The molecule has 0 unspecified atom stereocenters. The van der Waals surface area contributed by atoms with E-state index < -0.39 is 0 Å². The quantitative estimate of drug-likeness (QED) is 0.166. The minimum Gasteiger partial charge on any atom is -0.456 e. The number of benzene rings is 9. The zero-order valence-electron chi connectivity index (χ0n) is 40.6. The van der Waals surface area contributed by atoms with Crippen LogP contribution in [0.1, 0.15) is 52.7 Å². The third kappa shape index (κ3) is 7.20. The minimum absolute atomic E-state index is 0.0336. The van der Waals surface area contributed by atoms with Gasteiger partial charge in [0.2, 0.25) is 0 Å². The Hall–Kier alpha value is -8.61. The summed E-state index contributed by atoms with van der Waals surface area (Å²) in [6, 6.07) is 68.9. The maximum Gasteiger partial charge on any atom is 0.164 e. The van der Waals surface area contributed by atoms with Gasteiger partial charge in [-0.1, -0.05) is 163 Å². The van der Waals surface area contributed by atoms with Crippen molar-refractivity contribution in [2.45, 2.75) is 52.4 Å². The fourth-order valence-corrected chi connectivity index (χ4v) is 10.4. The van der Waals surface area contributed by atoms with Crippen molar-refractivity contribution in [3.8, 4) is 62.1 Å². The molecular formula is C65H50N4O2. The Kier molecular flexibility index (Phi) is 9.56. The Bertz CT molecular complexity index is 3980. The number of aromatic nitrogens is 4. The molecule has 342 valence electrons. The van der Waals surface area contributed by atoms with E-state index in [1.54, 1.807) is 0 Å². The van der Waals surface area contributed by atoms with Gasteiger partial charge in [-0.3, -0.25) is 0 Å². The van der Waals surface area contributed by atoms with E-state index in [-0.39, 0.29) is 10.8 Å². The highest BCUT2D eigenvalue weighted by Crippen LogP contribution is 2.46. The lowest BCUT2D eigenvalue weighted by atomic mass is 9.85. The van der Waals surface area contributed by atoms with E-state index in [2.05, 4.69) is 192 Å². The van der Waals surface area contributed by atoms with Crippen molar-refractivity contribution in [1.29, 1.82) is 0 Å². The summed E-state index contributed by atoms with van der Waals surface area (Å²) in [6.07, 6.45) is 0. The van der Waals surface area contributed by atoms with Gasteiger partial charge in [0.15, 0.2) is 17.5 Å². The molecule has 0 saturated heterocycles. The Balaban J connectivity index is 1.10. The molecule has 13 aromatic rings. The van der Waals surface area contributed by atoms with E-state index in [1.165, 1.54) is 21.9 Å². The van der Waals surface area contributed by atoms with Gasteiger partial charge in [0.1, 0.15) is 22.3 Å². The number of nitrogens with zero attached hydrogens (tertiary/aromatic N) is 4. The highest BCUT2D eigenvalue weighted by atomic mass is 16.3.